The fourth-order valence-corrected chi connectivity index (χ4v) is 2.95. The van der Waals surface area contributed by atoms with Crippen molar-refractivity contribution in [2.45, 2.75) is 40.2 Å². The largest absolute Gasteiger partial charge is 0.496 e. The standard InChI is InChI=1S/C15H23NO/c1-9-6-13(16-8-9)15-10(2)7-14(17-5)11(3)12(15)4/h7,9,13,16H,6,8H2,1-5H3/t9-,13+/m1/s1. The van der Waals surface area contributed by atoms with Gasteiger partial charge in [-0.3, -0.25) is 0 Å². The zero-order valence-electron chi connectivity index (χ0n) is 11.6. The predicted octanol–water partition coefficient (Wildman–Crippen LogP) is 3.29. The Bertz CT molecular complexity index is 425. The van der Waals surface area contributed by atoms with E-state index < -0.39 is 0 Å². The molecule has 2 atom stereocenters. The lowest BCUT2D eigenvalue weighted by Gasteiger charge is -2.21. The summed E-state index contributed by atoms with van der Waals surface area (Å²) in [4.78, 5) is 0. The predicted molar refractivity (Wildman–Crippen MR) is 71.7 cm³/mol. The number of methoxy groups -OCH3 is 1. The molecule has 1 N–H and O–H groups in total. The first-order valence-electron chi connectivity index (χ1n) is 6.42. The Morgan fingerprint density at radius 2 is 1.94 bits per heavy atom. The van der Waals surface area contributed by atoms with Crippen LogP contribution >= 0.6 is 0 Å². The number of benzene rings is 1. The fraction of sp³-hybridized carbons (Fsp3) is 0.600. The molecule has 0 aliphatic carbocycles. The van der Waals surface area contributed by atoms with Crippen LogP contribution < -0.4 is 10.1 Å². The molecule has 2 rings (SSSR count). The molecule has 94 valence electrons. The second-order valence-corrected chi connectivity index (χ2v) is 5.36. The molecule has 0 bridgehead atoms. The van der Waals surface area contributed by atoms with E-state index in [-0.39, 0.29) is 0 Å². The monoisotopic (exact) mass is 233 g/mol. The first-order valence-corrected chi connectivity index (χ1v) is 6.42. The van der Waals surface area contributed by atoms with Crippen LogP contribution in [-0.4, -0.2) is 13.7 Å². The molecule has 2 nitrogen and oxygen atoms in total. The van der Waals surface area contributed by atoms with Crippen LogP contribution in [0.25, 0.3) is 0 Å². The molecule has 17 heavy (non-hydrogen) atoms. The van der Waals surface area contributed by atoms with E-state index in [1.54, 1.807) is 7.11 Å². The zero-order valence-corrected chi connectivity index (χ0v) is 11.6. The van der Waals surface area contributed by atoms with Crippen molar-refractivity contribution in [1.29, 1.82) is 0 Å². The SMILES string of the molecule is COc1cc(C)c([C@@H]2C[C@@H](C)CN2)c(C)c1C. The van der Waals surface area contributed by atoms with Gasteiger partial charge in [-0.2, -0.15) is 0 Å². The third kappa shape index (κ3) is 2.19. The average Bonchev–Trinajstić information content (AvgIpc) is 2.70. The van der Waals surface area contributed by atoms with Crippen molar-refractivity contribution in [3.63, 3.8) is 0 Å². The van der Waals surface area contributed by atoms with Gasteiger partial charge in [-0.15, -0.1) is 0 Å². The van der Waals surface area contributed by atoms with Gasteiger partial charge >= 0.3 is 0 Å². The van der Waals surface area contributed by atoms with Crippen molar-refractivity contribution in [3.05, 3.63) is 28.3 Å². The maximum atomic E-state index is 5.42. The topological polar surface area (TPSA) is 21.3 Å². The van der Waals surface area contributed by atoms with E-state index in [1.807, 2.05) is 0 Å². The molecule has 1 heterocycles. The summed E-state index contributed by atoms with van der Waals surface area (Å²) in [5, 5.41) is 3.63. The molecule has 1 saturated heterocycles. The summed E-state index contributed by atoms with van der Waals surface area (Å²) >= 11 is 0. The Balaban J connectivity index is 2.44. The summed E-state index contributed by atoms with van der Waals surface area (Å²) in [7, 11) is 1.75. The maximum Gasteiger partial charge on any atom is 0.122 e. The third-order valence-electron chi connectivity index (χ3n) is 4.03. The molecule has 2 heteroatoms. The Labute approximate surface area is 104 Å². The van der Waals surface area contributed by atoms with Gasteiger partial charge in [0.15, 0.2) is 0 Å². The van der Waals surface area contributed by atoms with Crippen LogP contribution in [0.2, 0.25) is 0 Å². The summed E-state index contributed by atoms with van der Waals surface area (Å²) < 4.78 is 5.42. The van der Waals surface area contributed by atoms with E-state index in [2.05, 4.69) is 39.1 Å². The highest BCUT2D eigenvalue weighted by molar-refractivity contribution is 5.49. The van der Waals surface area contributed by atoms with E-state index in [0.29, 0.717) is 6.04 Å². The summed E-state index contributed by atoms with van der Waals surface area (Å²) in [6, 6.07) is 2.69. The van der Waals surface area contributed by atoms with E-state index in [9.17, 15) is 0 Å². The van der Waals surface area contributed by atoms with Crippen LogP contribution in [0.5, 0.6) is 5.75 Å². The van der Waals surface area contributed by atoms with Gasteiger partial charge in [0.05, 0.1) is 7.11 Å². The Kier molecular flexibility index (Phi) is 3.43. The summed E-state index contributed by atoms with van der Waals surface area (Å²) in [6.07, 6.45) is 1.24. The molecule has 0 amide bonds. The van der Waals surface area contributed by atoms with Crippen LogP contribution in [-0.2, 0) is 0 Å². The van der Waals surface area contributed by atoms with E-state index in [1.165, 1.54) is 28.7 Å². The quantitative estimate of drug-likeness (QED) is 0.846. The number of rotatable bonds is 2. The van der Waals surface area contributed by atoms with Crippen molar-refractivity contribution in [1.82, 2.24) is 5.32 Å². The molecule has 0 radical (unpaired) electrons. The Morgan fingerprint density at radius 3 is 2.47 bits per heavy atom. The van der Waals surface area contributed by atoms with E-state index in [0.717, 1.165) is 18.2 Å². The Morgan fingerprint density at radius 1 is 1.24 bits per heavy atom. The molecule has 0 unspecified atom stereocenters. The Hall–Kier alpha value is -1.02. The van der Waals surface area contributed by atoms with Crippen LogP contribution in [0.4, 0.5) is 0 Å². The van der Waals surface area contributed by atoms with Gasteiger partial charge in [0, 0.05) is 6.04 Å². The number of hydrogen-bond donors (Lipinski definition) is 1. The molecule has 1 aromatic carbocycles. The van der Waals surface area contributed by atoms with Crippen LogP contribution in [0.1, 0.15) is 41.6 Å². The van der Waals surface area contributed by atoms with Crippen LogP contribution in [0.3, 0.4) is 0 Å². The van der Waals surface area contributed by atoms with Gasteiger partial charge in [0.1, 0.15) is 5.75 Å². The van der Waals surface area contributed by atoms with Crippen LogP contribution in [0.15, 0.2) is 6.07 Å². The highest BCUT2D eigenvalue weighted by Crippen LogP contribution is 2.35. The van der Waals surface area contributed by atoms with Gasteiger partial charge in [0.25, 0.3) is 0 Å². The highest BCUT2D eigenvalue weighted by atomic mass is 16.5. The zero-order chi connectivity index (χ0) is 12.6. The summed E-state index contributed by atoms with van der Waals surface area (Å²) in [5.74, 6) is 1.79. The van der Waals surface area contributed by atoms with Crippen molar-refractivity contribution in [3.8, 4) is 5.75 Å². The normalized spacial score (nSPS) is 24.1. The highest BCUT2D eigenvalue weighted by Gasteiger charge is 2.25. The molecule has 0 aromatic heterocycles. The molecule has 0 spiro atoms. The second-order valence-electron chi connectivity index (χ2n) is 5.36. The second kappa shape index (κ2) is 4.69. The van der Waals surface area contributed by atoms with Gasteiger partial charge in [-0.1, -0.05) is 6.92 Å². The number of ether oxygens (including phenoxy) is 1. The molecule has 1 fully saturated rings. The number of nitrogens with one attached hydrogen (secondary N) is 1. The van der Waals surface area contributed by atoms with Crippen molar-refractivity contribution < 1.29 is 4.74 Å². The summed E-state index contributed by atoms with van der Waals surface area (Å²) in [5.41, 5.74) is 5.48. The van der Waals surface area contributed by atoms with Crippen molar-refractivity contribution in [2.75, 3.05) is 13.7 Å². The number of hydrogen-bond acceptors (Lipinski definition) is 2. The minimum absolute atomic E-state index is 0.523. The van der Waals surface area contributed by atoms with Gasteiger partial charge in [-0.05, 0) is 68.0 Å². The fourth-order valence-electron chi connectivity index (χ4n) is 2.95. The lowest BCUT2D eigenvalue weighted by atomic mass is 9.90. The van der Waals surface area contributed by atoms with Gasteiger partial charge < -0.3 is 10.1 Å². The van der Waals surface area contributed by atoms with Crippen molar-refractivity contribution in [2.24, 2.45) is 5.92 Å². The lowest BCUT2D eigenvalue weighted by Crippen LogP contribution is -2.16. The third-order valence-corrected chi connectivity index (χ3v) is 4.03. The molecule has 1 aliphatic rings. The van der Waals surface area contributed by atoms with Gasteiger partial charge in [0.2, 0.25) is 0 Å². The average molecular weight is 233 g/mol. The first kappa shape index (κ1) is 12.4. The smallest absolute Gasteiger partial charge is 0.122 e. The molecule has 1 aliphatic heterocycles. The number of aryl methyl sites for hydroxylation is 1. The van der Waals surface area contributed by atoms with Crippen LogP contribution in [0, 0.1) is 26.7 Å². The minimum atomic E-state index is 0.523. The molecular weight excluding hydrogens is 210 g/mol. The van der Waals surface area contributed by atoms with Crippen molar-refractivity contribution >= 4 is 0 Å². The minimum Gasteiger partial charge on any atom is -0.496 e. The summed E-state index contributed by atoms with van der Waals surface area (Å²) in [6.45, 7) is 10.00. The maximum absolute atomic E-state index is 5.42. The first-order chi connectivity index (χ1) is 8.04. The van der Waals surface area contributed by atoms with E-state index in [4.69, 9.17) is 4.74 Å². The molecule has 0 saturated carbocycles. The van der Waals surface area contributed by atoms with E-state index >= 15 is 0 Å². The van der Waals surface area contributed by atoms with Gasteiger partial charge in [-0.25, -0.2) is 0 Å². The molecular formula is C15H23NO. The molecule has 1 aromatic rings. The lowest BCUT2D eigenvalue weighted by molar-refractivity contribution is 0.410.